The molecular formula is C35H59N3O8. The van der Waals surface area contributed by atoms with Crippen LogP contribution in [-0.2, 0) is 25.5 Å². The van der Waals surface area contributed by atoms with Gasteiger partial charge in [0.1, 0.15) is 5.60 Å². The molecule has 1 aliphatic heterocycles. The van der Waals surface area contributed by atoms with Gasteiger partial charge in [-0.3, -0.25) is 9.59 Å². The summed E-state index contributed by atoms with van der Waals surface area (Å²) in [5, 5.41) is 20.4. The number of aliphatic hydroxyl groups excluding tert-OH is 1. The molecule has 11 heteroatoms. The largest absolute Gasteiger partial charge is 0.493 e. The Morgan fingerprint density at radius 3 is 2.33 bits per heavy atom. The fourth-order valence-corrected chi connectivity index (χ4v) is 5.63. The highest BCUT2D eigenvalue weighted by molar-refractivity contribution is 5.80. The van der Waals surface area contributed by atoms with Crippen molar-refractivity contribution in [1.29, 1.82) is 0 Å². The van der Waals surface area contributed by atoms with Gasteiger partial charge in [0, 0.05) is 45.1 Å². The molecule has 1 aromatic rings. The van der Waals surface area contributed by atoms with Gasteiger partial charge in [-0.05, 0) is 81.9 Å². The van der Waals surface area contributed by atoms with Crippen LogP contribution in [0.2, 0.25) is 0 Å². The van der Waals surface area contributed by atoms with Gasteiger partial charge in [0.15, 0.2) is 11.5 Å². The zero-order chi connectivity index (χ0) is 34.4. The molecule has 1 heterocycles. The van der Waals surface area contributed by atoms with Crippen LogP contribution in [0.4, 0.5) is 4.79 Å². The number of hydrogen-bond donors (Lipinski definition) is 4. The van der Waals surface area contributed by atoms with Crippen molar-refractivity contribution < 1.29 is 38.4 Å². The molecule has 2 rings (SSSR count). The number of ether oxygens (including phenoxy) is 4. The van der Waals surface area contributed by atoms with Crippen molar-refractivity contribution in [1.82, 2.24) is 16.0 Å². The maximum absolute atomic E-state index is 13.3. The van der Waals surface area contributed by atoms with E-state index in [4.69, 9.17) is 18.9 Å². The minimum Gasteiger partial charge on any atom is -0.493 e. The van der Waals surface area contributed by atoms with E-state index < -0.39 is 29.8 Å². The first-order valence-corrected chi connectivity index (χ1v) is 16.7. The van der Waals surface area contributed by atoms with Crippen LogP contribution < -0.4 is 25.4 Å². The molecule has 4 N–H and O–H groups in total. The molecule has 0 unspecified atom stereocenters. The highest BCUT2D eigenvalue weighted by atomic mass is 16.6. The van der Waals surface area contributed by atoms with Crippen LogP contribution in [-0.4, -0.2) is 80.8 Å². The summed E-state index contributed by atoms with van der Waals surface area (Å²) in [6.45, 7) is 15.0. The van der Waals surface area contributed by atoms with Crippen LogP contribution in [0.3, 0.4) is 0 Å². The molecule has 5 atom stereocenters. The van der Waals surface area contributed by atoms with E-state index in [0.29, 0.717) is 56.9 Å². The molecule has 0 radical (unpaired) electrons. The Kier molecular flexibility index (Phi) is 16.1. The van der Waals surface area contributed by atoms with Gasteiger partial charge in [-0.1, -0.05) is 33.8 Å². The molecule has 1 saturated heterocycles. The number of methoxy groups -OCH3 is 2. The van der Waals surface area contributed by atoms with Gasteiger partial charge >= 0.3 is 6.09 Å². The predicted octanol–water partition coefficient (Wildman–Crippen LogP) is 4.63. The number of alkyl carbamates (subject to hydrolysis) is 1. The van der Waals surface area contributed by atoms with Gasteiger partial charge in [-0.15, -0.1) is 0 Å². The predicted molar refractivity (Wildman–Crippen MR) is 178 cm³/mol. The zero-order valence-electron chi connectivity index (χ0n) is 29.4. The third-order valence-electron chi connectivity index (χ3n) is 8.39. The van der Waals surface area contributed by atoms with Gasteiger partial charge in [-0.25, -0.2) is 4.79 Å². The molecule has 46 heavy (non-hydrogen) atoms. The molecule has 1 aromatic carbocycles. The lowest BCUT2D eigenvalue weighted by molar-refractivity contribution is -0.128. The number of carbonyl (C=O) groups excluding carboxylic acids is 3. The smallest absolute Gasteiger partial charge is 0.407 e. The average Bonchev–Trinajstić information content (AvgIpc) is 3.39. The monoisotopic (exact) mass is 649 g/mol. The molecule has 0 aromatic heterocycles. The number of hydrogen-bond acceptors (Lipinski definition) is 8. The molecule has 0 spiro atoms. The van der Waals surface area contributed by atoms with Crippen LogP contribution in [0.15, 0.2) is 18.2 Å². The molecule has 0 bridgehead atoms. The third kappa shape index (κ3) is 13.7. The van der Waals surface area contributed by atoms with Crippen LogP contribution in [0, 0.1) is 23.7 Å². The van der Waals surface area contributed by atoms with Crippen molar-refractivity contribution in [3.8, 4) is 11.5 Å². The second-order valence-electron chi connectivity index (χ2n) is 14.1. The summed E-state index contributed by atoms with van der Waals surface area (Å²) in [7, 11) is 3.27. The molecule has 0 saturated carbocycles. The van der Waals surface area contributed by atoms with E-state index in [2.05, 4.69) is 29.8 Å². The molecule has 1 aliphatic rings. The maximum atomic E-state index is 13.3. The number of nitrogens with one attached hydrogen (secondary N) is 3. The zero-order valence-corrected chi connectivity index (χ0v) is 29.4. The summed E-state index contributed by atoms with van der Waals surface area (Å²) in [4.78, 5) is 37.8. The topological polar surface area (TPSA) is 144 Å². The Balaban J connectivity index is 2.24. The summed E-state index contributed by atoms with van der Waals surface area (Å²) < 4.78 is 22.2. The Morgan fingerprint density at radius 2 is 1.76 bits per heavy atom. The summed E-state index contributed by atoms with van der Waals surface area (Å²) in [6, 6.07) is 5.14. The Labute approximate surface area is 275 Å². The molecule has 1 fully saturated rings. The van der Waals surface area contributed by atoms with E-state index in [1.54, 1.807) is 35.0 Å². The standard InChI is InChI=1S/C35H59N3O8/c1-22(2)25(17-24-11-13-30(44-9)31(18-24)45-16-10-15-43-8)19-28(38-34(42)46-35(5,6)7)29(39)20-27(23(3)4)33(41)36-21-26-12-14-32(40)37-26/h11,13,18,22-23,25-29,39H,10,12,14-17,19-21H2,1-9H3,(H,36,41)(H,37,40)(H,38,42)/t25-,26-,27-,28-,29-/m0/s1. The van der Waals surface area contributed by atoms with Crippen molar-refractivity contribution in [3.63, 3.8) is 0 Å². The van der Waals surface area contributed by atoms with Crippen molar-refractivity contribution in [2.24, 2.45) is 23.7 Å². The quantitative estimate of drug-likeness (QED) is 0.159. The number of rotatable bonds is 19. The Morgan fingerprint density at radius 1 is 1.04 bits per heavy atom. The highest BCUT2D eigenvalue weighted by Gasteiger charge is 2.34. The lowest BCUT2D eigenvalue weighted by Gasteiger charge is -2.33. The number of aliphatic hydroxyl groups is 1. The summed E-state index contributed by atoms with van der Waals surface area (Å²) in [5.74, 6) is 0.856. The number of benzene rings is 1. The van der Waals surface area contributed by atoms with Gasteiger partial charge in [0.25, 0.3) is 0 Å². The summed E-state index contributed by atoms with van der Waals surface area (Å²) in [6.07, 6.45) is 1.58. The van der Waals surface area contributed by atoms with Crippen LogP contribution >= 0.6 is 0 Å². The Bertz CT molecular complexity index is 1100. The molecule has 262 valence electrons. The van der Waals surface area contributed by atoms with E-state index in [-0.39, 0.29) is 42.0 Å². The van der Waals surface area contributed by atoms with Gasteiger partial charge < -0.3 is 40.0 Å². The van der Waals surface area contributed by atoms with E-state index in [1.807, 2.05) is 32.0 Å². The van der Waals surface area contributed by atoms with Crippen molar-refractivity contribution >= 4 is 17.9 Å². The van der Waals surface area contributed by atoms with Crippen molar-refractivity contribution in [3.05, 3.63) is 23.8 Å². The van der Waals surface area contributed by atoms with Gasteiger partial charge in [0.05, 0.1) is 25.9 Å². The average molecular weight is 650 g/mol. The lowest BCUT2D eigenvalue weighted by Crippen LogP contribution is -2.49. The third-order valence-corrected chi connectivity index (χ3v) is 8.39. The molecule has 0 aliphatic carbocycles. The minimum absolute atomic E-state index is 0.00804. The highest BCUT2D eigenvalue weighted by Crippen LogP contribution is 2.32. The molecule has 3 amide bonds. The van der Waals surface area contributed by atoms with E-state index in [9.17, 15) is 19.5 Å². The molecular weight excluding hydrogens is 590 g/mol. The van der Waals surface area contributed by atoms with Crippen molar-refractivity contribution in [2.75, 3.05) is 34.0 Å². The maximum Gasteiger partial charge on any atom is 0.407 e. The van der Waals surface area contributed by atoms with E-state index >= 15 is 0 Å². The first kappa shape index (κ1) is 39.1. The summed E-state index contributed by atoms with van der Waals surface area (Å²) >= 11 is 0. The number of carbonyl (C=O) groups is 3. The fourth-order valence-electron chi connectivity index (χ4n) is 5.63. The SMILES string of the molecule is COCCCOc1cc(C[C@@H](C[C@H](NC(=O)OC(C)(C)C)[C@@H](O)C[C@H](C(=O)NC[C@@H]2CCC(=O)N2)C(C)C)C(C)C)ccc1OC. The fraction of sp³-hybridized carbons (Fsp3) is 0.743. The normalized spacial score (nSPS) is 17.7. The Hall–Kier alpha value is -3.05. The first-order valence-electron chi connectivity index (χ1n) is 16.7. The molecule has 11 nitrogen and oxygen atoms in total. The first-order chi connectivity index (χ1) is 21.6. The van der Waals surface area contributed by atoms with Crippen LogP contribution in [0.25, 0.3) is 0 Å². The summed E-state index contributed by atoms with van der Waals surface area (Å²) in [5.41, 5.74) is 0.334. The van der Waals surface area contributed by atoms with Crippen molar-refractivity contribution in [2.45, 2.75) is 111 Å². The second kappa shape index (κ2) is 18.9. The van der Waals surface area contributed by atoms with Gasteiger partial charge in [0.2, 0.25) is 11.8 Å². The van der Waals surface area contributed by atoms with Gasteiger partial charge in [-0.2, -0.15) is 0 Å². The lowest BCUT2D eigenvalue weighted by atomic mass is 9.80. The van der Waals surface area contributed by atoms with E-state index in [1.165, 1.54) is 0 Å². The minimum atomic E-state index is -1.01. The van der Waals surface area contributed by atoms with Crippen LogP contribution in [0.5, 0.6) is 11.5 Å². The number of amides is 3. The van der Waals surface area contributed by atoms with E-state index in [0.717, 1.165) is 12.0 Å². The van der Waals surface area contributed by atoms with Crippen LogP contribution in [0.1, 0.15) is 86.1 Å². The second-order valence-corrected chi connectivity index (χ2v) is 14.1.